The Kier molecular flexibility index (Phi) is 1.35. The molecule has 0 aliphatic heterocycles. The lowest BCUT2D eigenvalue weighted by atomic mass is 9.34. The van der Waals surface area contributed by atoms with Gasteiger partial charge in [0.1, 0.15) is 0 Å². The number of aliphatic hydroxyl groups is 1. The second-order valence-electron chi connectivity index (χ2n) is 4.34. The maximum Gasteiger partial charge on any atom is 0.311 e. The van der Waals surface area contributed by atoms with Gasteiger partial charge in [0, 0.05) is 0 Å². The minimum absolute atomic E-state index is 0.0637. The Labute approximate surface area is 71.7 Å². The maximum absolute atomic E-state index is 11.2. The number of aliphatic hydroxyl groups excluding tert-OH is 1. The average Bonchev–Trinajstić information content (AvgIpc) is 1.80. The monoisotopic (exact) mass is 170 g/mol. The minimum atomic E-state index is -0.274. The van der Waals surface area contributed by atoms with Gasteiger partial charge in [-0.3, -0.25) is 4.79 Å². The molecule has 2 bridgehead atoms. The van der Waals surface area contributed by atoms with Crippen molar-refractivity contribution < 1.29 is 14.6 Å². The summed E-state index contributed by atoms with van der Waals surface area (Å²) in [5.41, 5.74) is -0.139. The molecule has 0 aromatic rings. The largest absolute Gasteiger partial charge is 0.469 e. The number of hydrogen-bond acceptors (Lipinski definition) is 3. The zero-order valence-electron chi connectivity index (χ0n) is 7.46. The molecule has 3 nitrogen and oxygen atoms in total. The van der Waals surface area contributed by atoms with E-state index in [4.69, 9.17) is 4.74 Å². The zero-order chi connectivity index (χ0) is 8.98. The normalized spacial score (nSPS) is 45.6. The van der Waals surface area contributed by atoms with E-state index in [1.54, 1.807) is 6.92 Å². The van der Waals surface area contributed by atoms with Gasteiger partial charge in [0.15, 0.2) is 0 Å². The maximum atomic E-state index is 11.2. The number of esters is 1. The molecule has 68 valence electrons. The second kappa shape index (κ2) is 2.02. The van der Waals surface area contributed by atoms with Crippen molar-refractivity contribution in [2.75, 3.05) is 7.11 Å². The molecule has 0 spiro atoms. The summed E-state index contributed by atoms with van der Waals surface area (Å²) in [5.74, 6) is -0.0926. The molecule has 0 aromatic carbocycles. The molecular formula is C9H14O3. The van der Waals surface area contributed by atoms with E-state index in [9.17, 15) is 9.90 Å². The molecule has 1 unspecified atom stereocenters. The summed E-state index contributed by atoms with van der Waals surface area (Å²) in [6.45, 7) is 1.81. The van der Waals surface area contributed by atoms with Gasteiger partial charge in [-0.05, 0) is 31.6 Å². The third-order valence-electron chi connectivity index (χ3n) is 3.58. The molecule has 0 aromatic heterocycles. The Hall–Kier alpha value is -0.570. The van der Waals surface area contributed by atoms with Crippen LogP contribution in [0, 0.1) is 10.8 Å². The topological polar surface area (TPSA) is 46.5 Å². The third-order valence-corrected chi connectivity index (χ3v) is 3.58. The van der Waals surface area contributed by atoms with Crippen molar-refractivity contribution in [1.82, 2.24) is 0 Å². The SMILES string of the molecule is COC(=O)C12CC(C(C)O)(C1)C2. The van der Waals surface area contributed by atoms with Crippen molar-refractivity contribution in [3.05, 3.63) is 0 Å². The van der Waals surface area contributed by atoms with Crippen LogP contribution in [0.5, 0.6) is 0 Å². The Morgan fingerprint density at radius 3 is 2.33 bits per heavy atom. The fourth-order valence-electron chi connectivity index (χ4n) is 2.74. The molecule has 3 rings (SSSR count). The van der Waals surface area contributed by atoms with E-state index in [1.807, 2.05) is 0 Å². The summed E-state index contributed by atoms with van der Waals surface area (Å²) in [6.07, 6.45) is 2.20. The highest BCUT2D eigenvalue weighted by molar-refractivity contribution is 5.81. The van der Waals surface area contributed by atoms with E-state index >= 15 is 0 Å². The van der Waals surface area contributed by atoms with E-state index in [0.29, 0.717) is 0 Å². The van der Waals surface area contributed by atoms with Crippen LogP contribution in [-0.2, 0) is 9.53 Å². The molecule has 12 heavy (non-hydrogen) atoms. The molecule has 0 heterocycles. The van der Waals surface area contributed by atoms with Crippen molar-refractivity contribution in [2.45, 2.75) is 32.3 Å². The first-order chi connectivity index (χ1) is 5.55. The fourth-order valence-corrected chi connectivity index (χ4v) is 2.74. The van der Waals surface area contributed by atoms with Crippen LogP contribution in [0.3, 0.4) is 0 Å². The molecule has 1 N–H and O–H groups in total. The van der Waals surface area contributed by atoms with Crippen LogP contribution in [0.4, 0.5) is 0 Å². The first-order valence-corrected chi connectivity index (χ1v) is 4.31. The van der Waals surface area contributed by atoms with Gasteiger partial charge in [-0.2, -0.15) is 0 Å². The van der Waals surface area contributed by atoms with E-state index in [1.165, 1.54) is 7.11 Å². The zero-order valence-corrected chi connectivity index (χ0v) is 7.46. The van der Waals surface area contributed by atoms with Gasteiger partial charge < -0.3 is 9.84 Å². The Morgan fingerprint density at radius 2 is 2.00 bits per heavy atom. The lowest BCUT2D eigenvalue weighted by Crippen LogP contribution is -2.69. The Bertz CT molecular complexity index is 212. The second-order valence-corrected chi connectivity index (χ2v) is 4.34. The van der Waals surface area contributed by atoms with Gasteiger partial charge in [-0.25, -0.2) is 0 Å². The van der Waals surface area contributed by atoms with Crippen LogP contribution >= 0.6 is 0 Å². The summed E-state index contributed by atoms with van der Waals surface area (Å²) in [5, 5.41) is 9.39. The van der Waals surface area contributed by atoms with E-state index in [-0.39, 0.29) is 22.9 Å². The van der Waals surface area contributed by atoms with Crippen LogP contribution < -0.4 is 0 Å². The van der Waals surface area contributed by atoms with E-state index in [2.05, 4.69) is 0 Å². The molecule has 3 fully saturated rings. The summed E-state index contributed by atoms with van der Waals surface area (Å²) >= 11 is 0. The third kappa shape index (κ3) is 0.678. The van der Waals surface area contributed by atoms with Crippen molar-refractivity contribution >= 4 is 5.97 Å². The van der Waals surface area contributed by atoms with Crippen LogP contribution in [0.25, 0.3) is 0 Å². The molecule has 3 aliphatic carbocycles. The minimum Gasteiger partial charge on any atom is -0.469 e. The lowest BCUT2D eigenvalue weighted by molar-refractivity contribution is -0.254. The molecule has 1 atom stereocenters. The lowest BCUT2D eigenvalue weighted by Gasteiger charge is -2.69. The average molecular weight is 170 g/mol. The Morgan fingerprint density at radius 1 is 1.50 bits per heavy atom. The summed E-state index contributed by atoms with van der Waals surface area (Å²) in [6, 6.07) is 0. The van der Waals surface area contributed by atoms with Crippen molar-refractivity contribution in [3.8, 4) is 0 Å². The molecule has 0 saturated heterocycles. The van der Waals surface area contributed by atoms with Gasteiger partial charge >= 0.3 is 5.97 Å². The first kappa shape index (κ1) is 8.05. The summed E-state index contributed by atoms with van der Waals surface area (Å²) in [4.78, 5) is 11.2. The molecule has 0 radical (unpaired) electrons. The summed E-state index contributed by atoms with van der Waals surface area (Å²) < 4.78 is 4.70. The highest BCUT2D eigenvalue weighted by Crippen LogP contribution is 2.74. The smallest absolute Gasteiger partial charge is 0.311 e. The Balaban J connectivity index is 2.00. The van der Waals surface area contributed by atoms with Crippen LogP contribution in [0.1, 0.15) is 26.2 Å². The van der Waals surface area contributed by atoms with Gasteiger partial charge in [-0.1, -0.05) is 0 Å². The van der Waals surface area contributed by atoms with Crippen LogP contribution in [0.2, 0.25) is 0 Å². The molecule has 3 aliphatic rings. The highest BCUT2D eigenvalue weighted by Gasteiger charge is 2.73. The van der Waals surface area contributed by atoms with Crippen LogP contribution in [-0.4, -0.2) is 24.3 Å². The van der Waals surface area contributed by atoms with Gasteiger partial charge in [0.25, 0.3) is 0 Å². The van der Waals surface area contributed by atoms with Gasteiger partial charge in [0.2, 0.25) is 0 Å². The molecule has 3 saturated carbocycles. The molecule has 0 amide bonds. The number of methoxy groups -OCH3 is 1. The molecule has 3 heteroatoms. The number of ether oxygens (including phenoxy) is 1. The predicted molar refractivity (Wildman–Crippen MR) is 42.4 cm³/mol. The highest BCUT2D eigenvalue weighted by atomic mass is 16.5. The van der Waals surface area contributed by atoms with Crippen molar-refractivity contribution in [3.63, 3.8) is 0 Å². The molecular weight excluding hydrogens is 156 g/mol. The number of carbonyl (C=O) groups excluding carboxylic acids is 1. The van der Waals surface area contributed by atoms with Gasteiger partial charge in [0.05, 0.1) is 18.6 Å². The predicted octanol–water partition coefficient (Wildman–Crippen LogP) is 0.710. The van der Waals surface area contributed by atoms with Crippen molar-refractivity contribution in [2.24, 2.45) is 10.8 Å². The first-order valence-electron chi connectivity index (χ1n) is 4.31. The number of carbonyl (C=O) groups is 1. The fraction of sp³-hybridized carbons (Fsp3) is 0.889. The summed E-state index contributed by atoms with van der Waals surface area (Å²) in [7, 11) is 1.43. The van der Waals surface area contributed by atoms with Crippen molar-refractivity contribution in [1.29, 1.82) is 0 Å². The van der Waals surface area contributed by atoms with E-state index < -0.39 is 0 Å². The van der Waals surface area contributed by atoms with Crippen LogP contribution in [0.15, 0.2) is 0 Å². The number of hydrogen-bond donors (Lipinski definition) is 1. The van der Waals surface area contributed by atoms with Gasteiger partial charge in [-0.15, -0.1) is 0 Å². The quantitative estimate of drug-likeness (QED) is 0.621. The number of rotatable bonds is 2. The van der Waals surface area contributed by atoms with E-state index in [0.717, 1.165) is 19.3 Å². The standard InChI is InChI=1S/C9H14O3/c1-6(10)8-3-9(4-8,5-8)7(11)12-2/h6,10H,3-5H2,1-2H3.